The third kappa shape index (κ3) is 1.97. The molecule has 1 heterocycles. The predicted octanol–water partition coefficient (Wildman–Crippen LogP) is 0.434. The number of hydrogen-bond acceptors (Lipinski definition) is 3. The maximum Gasteiger partial charge on any atom is 0.251 e. The number of aliphatic hydroxyl groups excluding tert-OH is 1. The van der Waals surface area contributed by atoms with Crippen molar-refractivity contribution in [3.8, 4) is 0 Å². The number of nitrogens with one attached hydrogen (secondary N) is 2. The number of carbonyl (C=O) groups excluding carboxylic acids is 2. The number of carbonyl (C=O) groups is 2. The van der Waals surface area contributed by atoms with Gasteiger partial charge >= 0.3 is 0 Å². The summed E-state index contributed by atoms with van der Waals surface area (Å²) in [6.07, 6.45) is 1.34. The van der Waals surface area contributed by atoms with Crippen molar-refractivity contribution in [3.63, 3.8) is 0 Å². The largest absolute Gasteiger partial charge is 0.393 e. The highest BCUT2D eigenvalue weighted by molar-refractivity contribution is 6.02. The van der Waals surface area contributed by atoms with Crippen LogP contribution in [-0.4, -0.2) is 29.1 Å². The Labute approximate surface area is 104 Å². The average Bonchev–Trinajstić information content (AvgIpc) is 2.65. The molecule has 1 saturated carbocycles. The lowest BCUT2D eigenvalue weighted by molar-refractivity contribution is -0.115. The van der Waals surface area contributed by atoms with Crippen molar-refractivity contribution in [3.05, 3.63) is 29.3 Å². The second kappa shape index (κ2) is 4.10. The van der Waals surface area contributed by atoms with Gasteiger partial charge in [-0.2, -0.15) is 0 Å². The minimum absolute atomic E-state index is 0.0373. The number of anilines is 1. The van der Waals surface area contributed by atoms with Crippen molar-refractivity contribution < 1.29 is 14.7 Å². The van der Waals surface area contributed by atoms with E-state index in [1.54, 1.807) is 18.2 Å². The zero-order valence-corrected chi connectivity index (χ0v) is 9.77. The lowest BCUT2D eigenvalue weighted by Crippen LogP contribution is -2.46. The first-order valence-corrected chi connectivity index (χ1v) is 6.03. The van der Waals surface area contributed by atoms with Crippen molar-refractivity contribution in [2.75, 3.05) is 5.32 Å². The second-order valence-corrected chi connectivity index (χ2v) is 4.89. The molecule has 5 heteroatoms. The molecule has 3 N–H and O–H groups in total. The molecule has 0 atom stereocenters. The van der Waals surface area contributed by atoms with E-state index >= 15 is 0 Å². The first-order chi connectivity index (χ1) is 8.61. The molecule has 18 heavy (non-hydrogen) atoms. The summed E-state index contributed by atoms with van der Waals surface area (Å²) in [6.45, 7) is 0. The van der Waals surface area contributed by atoms with Gasteiger partial charge in [0.15, 0.2) is 0 Å². The van der Waals surface area contributed by atoms with Crippen LogP contribution in [0.4, 0.5) is 5.69 Å². The standard InChI is InChI=1S/C13H14N2O3/c16-10-5-9(6-10)14-13(18)8-2-1-7-4-12(17)15-11(7)3-8/h1-3,9-10,16H,4-6H2,(H,14,18)(H,15,17). The van der Waals surface area contributed by atoms with Gasteiger partial charge in [-0.15, -0.1) is 0 Å². The fraction of sp³-hybridized carbons (Fsp3) is 0.385. The zero-order valence-electron chi connectivity index (χ0n) is 9.77. The van der Waals surface area contributed by atoms with Crippen LogP contribution in [0.3, 0.4) is 0 Å². The molecule has 3 rings (SSSR count). The SMILES string of the molecule is O=C1Cc2ccc(C(=O)NC3CC(O)C3)cc2N1. The van der Waals surface area contributed by atoms with Gasteiger partial charge < -0.3 is 15.7 Å². The van der Waals surface area contributed by atoms with E-state index in [1.807, 2.05) is 0 Å². The lowest BCUT2D eigenvalue weighted by Gasteiger charge is -2.31. The van der Waals surface area contributed by atoms with Crippen LogP contribution in [0.2, 0.25) is 0 Å². The molecule has 0 saturated heterocycles. The molecule has 1 fully saturated rings. The number of benzene rings is 1. The van der Waals surface area contributed by atoms with Gasteiger partial charge in [0.25, 0.3) is 5.91 Å². The molecular weight excluding hydrogens is 232 g/mol. The summed E-state index contributed by atoms with van der Waals surface area (Å²) >= 11 is 0. The van der Waals surface area contributed by atoms with E-state index in [1.165, 1.54) is 0 Å². The van der Waals surface area contributed by atoms with Crippen molar-refractivity contribution in [1.29, 1.82) is 0 Å². The zero-order chi connectivity index (χ0) is 12.7. The summed E-state index contributed by atoms with van der Waals surface area (Å²) in [6, 6.07) is 5.29. The highest BCUT2D eigenvalue weighted by atomic mass is 16.3. The van der Waals surface area contributed by atoms with Crippen LogP contribution in [-0.2, 0) is 11.2 Å². The Morgan fingerprint density at radius 2 is 2.17 bits per heavy atom. The summed E-state index contributed by atoms with van der Waals surface area (Å²) in [5.41, 5.74) is 2.19. The van der Waals surface area contributed by atoms with Crippen LogP contribution in [0.1, 0.15) is 28.8 Å². The lowest BCUT2D eigenvalue weighted by atomic mass is 9.89. The number of amides is 2. The first-order valence-electron chi connectivity index (χ1n) is 6.03. The van der Waals surface area contributed by atoms with E-state index in [4.69, 9.17) is 5.11 Å². The Kier molecular flexibility index (Phi) is 2.56. The Balaban J connectivity index is 1.71. The minimum atomic E-state index is -0.283. The molecule has 0 unspecified atom stereocenters. The molecule has 1 aliphatic carbocycles. The number of hydrogen-bond donors (Lipinski definition) is 3. The molecular formula is C13H14N2O3. The van der Waals surface area contributed by atoms with Crippen molar-refractivity contribution in [2.24, 2.45) is 0 Å². The molecule has 1 aromatic carbocycles. The van der Waals surface area contributed by atoms with E-state index in [-0.39, 0.29) is 24.0 Å². The number of aliphatic hydroxyl groups is 1. The van der Waals surface area contributed by atoms with Crippen LogP contribution >= 0.6 is 0 Å². The topological polar surface area (TPSA) is 78.4 Å². The Hall–Kier alpha value is -1.88. The van der Waals surface area contributed by atoms with Crippen molar-refractivity contribution in [1.82, 2.24) is 5.32 Å². The Morgan fingerprint density at radius 3 is 2.89 bits per heavy atom. The third-order valence-corrected chi connectivity index (χ3v) is 3.45. The molecule has 2 aliphatic rings. The quantitative estimate of drug-likeness (QED) is 0.708. The predicted molar refractivity (Wildman–Crippen MR) is 65.3 cm³/mol. The van der Waals surface area contributed by atoms with Crippen molar-refractivity contribution >= 4 is 17.5 Å². The van der Waals surface area contributed by atoms with Gasteiger partial charge in [0, 0.05) is 17.3 Å². The maximum atomic E-state index is 11.9. The molecule has 1 aromatic rings. The summed E-state index contributed by atoms with van der Waals surface area (Å²) in [5.74, 6) is -0.194. The highest BCUT2D eigenvalue weighted by Gasteiger charge is 2.29. The molecule has 0 radical (unpaired) electrons. The summed E-state index contributed by atoms with van der Waals surface area (Å²) in [7, 11) is 0. The highest BCUT2D eigenvalue weighted by Crippen LogP contribution is 2.25. The number of rotatable bonds is 2. The smallest absolute Gasteiger partial charge is 0.251 e. The van der Waals surface area contributed by atoms with Gasteiger partial charge in [-0.05, 0) is 30.5 Å². The van der Waals surface area contributed by atoms with E-state index in [0.29, 0.717) is 24.8 Å². The van der Waals surface area contributed by atoms with Crippen LogP contribution in [0.5, 0.6) is 0 Å². The van der Waals surface area contributed by atoms with Gasteiger partial charge in [0.1, 0.15) is 0 Å². The van der Waals surface area contributed by atoms with Crippen LogP contribution in [0, 0.1) is 0 Å². The molecule has 0 spiro atoms. The van der Waals surface area contributed by atoms with E-state index in [0.717, 1.165) is 11.3 Å². The molecule has 5 nitrogen and oxygen atoms in total. The monoisotopic (exact) mass is 246 g/mol. The maximum absolute atomic E-state index is 11.9. The molecule has 1 aliphatic heterocycles. The van der Waals surface area contributed by atoms with Gasteiger partial charge in [0.2, 0.25) is 5.91 Å². The average molecular weight is 246 g/mol. The minimum Gasteiger partial charge on any atom is -0.393 e. The molecule has 0 bridgehead atoms. The van der Waals surface area contributed by atoms with Crippen LogP contribution in [0.25, 0.3) is 0 Å². The van der Waals surface area contributed by atoms with Crippen LogP contribution in [0.15, 0.2) is 18.2 Å². The summed E-state index contributed by atoms with van der Waals surface area (Å²) < 4.78 is 0. The number of fused-ring (bicyclic) bond motifs is 1. The van der Waals surface area contributed by atoms with E-state index in [9.17, 15) is 9.59 Å². The van der Waals surface area contributed by atoms with Crippen molar-refractivity contribution in [2.45, 2.75) is 31.4 Å². The van der Waals surface area contributed by atoms with Gasteiger partial charge in [0.05, 0.1) is 12.5 Å². The third-order valence-electron chi connectivity index (χ3n) is 3.45. The van der Waals surface area contributed by atoms with Gasteiger partial charge in [-0.25, -0.2) is 0 Å². The van der Waals surface area contributed by atoms with Gasteiger partial charge in [-0.3, -0.25) is 9.59 Å². The summed E-state index contributed by atoms with van der Waals surface area (Å²) in [4.78, 5) is 23.1. The summed E-state index contributed by atoms with van der Waals surface area (Å²) in [5, 5.41) is 14.7. The molecule has 0 aromatic heterocycles. The fourth-order valence-electron chi connectivity index (χ4n) is 2.33. The van der Waals surface area contributed by atoms with Gasteiger partial charge in [-0.1, -0.05) is 6.07 Å². The molecule has 94 valence electrons. The Morgan fingerprint density at radius 1 is 1.39 bits per heavy atom. The Bertz CT molecular complexity index is 521. The second-order valence-electron chi connectivity index (χ2n) is 4.89. The van der Waals surface area contributed by atoms with E-state index < -0.39 is 0 Å². The van der Waals surface area contributed by atoms with E-state index in [2.05, 4.69) is 10.6 Å². The first kappa shape index (κ1) is 11.2. The molecule has 2 amide bonds. The van der Waals surface area contributed by atoms with Crippen LogP contribution < -0.4 is 10.6 Å². The fourth-order valence-corrected chi connectivity index (χ4v) is 2.33. The normalized spacial score (nSPS) is 25.1.